The van der Waals surface area contributed by atoms with Crippen molar-refractivity contribution in [1.82, 2.24) is 5.06 Å². The minimum atomic E-state index is -0.244. The second-order valence-electron chi connectivity index (χ2n) is 2.12. The lowest BCUT2D eigenvalue weighted by Crippen LogP contribution is -2.24. The summed E-state index contributed by atoms with van der Waals surface area (Å²) in [4.78, 5) is 16.0. The van der Waals surface area contributed by atoms with Crippen LogP contribution in [0.1, 0.15) is 10.4 Å². The summed E-state index contributed by atoms with van der Waals surface area (Å²) in [5.41, 5.74) is 0.450. The van der Waals surface area contributed by atoms with Crippen LogP contribution in [0.4, 0.5) is 0 Å². The highest BCUT2D eigenvalue weighted by atomic mass is 79.9. The molecule has 1 heterocycles. The number of amides is 1. The van der Waals surface area contributed by atoms with E-state index in [2.05, 4.69) is 15.9 Å². The minimum absolute atomic E-state index is 0.244. The van der Waals surface area contributed by atoms with Crippen LogP contribution in [0.3, 0.4) is 0 Å². The first kappa shape index (κ1) is 9.28. The maximum atomic E-state index is 11.3. The van der Waals surface area contributed by atoms with Gasteiger partial charge >= 0.3 is 0 Å². The Kier molecular flexibility index (Phi) is 2.88. The van der Waals surface area contributed by atoms with Gasteiger partial charge in [-0.25, -0.2) is 5.06 Å². The fourth-order valence-electron chi connectivity index (χ4n) is 0.687. The maximum Gasteiger partial charge on any atom is 0.280 e. The Morgan fingerprint density at radius 1 is 1.75 bits per heavy atom. The van der Waals surface area contributed by atoms with Crippen molar-refractivity contribution in [2.75, 3.05) is 14.2 Å². The van der Waals surface area contributed by atoms with Gasteiger partial charge in [0.15, 0.2) is 4.67 Å². The Morgan fingerprint density at radius 3 is 2.83 bits per heavy atom. The predicted octanol–water partition coefficient (Wildman–Crippen LogP) is 1.68. The Morgan fingerprint density at radius 2 is 2.42 bits per heavy atom. The lowest BCUT2D eigenvalue weighted by molar-refractivity contribution is -0.0757. The third kappa shape index (κ3) is 1.86. The van der Waals surface area contributed by atoms with Crippen molar-refractivity contribution in [3.8, 4) is 0 Å². The zero-order chi connectivity index (χ0) is 9.14. The molecule has 0 fully saturated rings. The summed E-state index contributed by atoms with van der Waals surface area (Å²) in [6.07, 6.45) is 1.36. The molecular formula is C7H8BrNO3. The van der Waals surface area contributed by atoms with E-state index in [0.717, 1.165) is 5.06 Å². The van der Waals surface area contributed by atoms with Crippen LogP contribution in [0.25, 0.3) is 0 Å². The molecule has 0 radical (unpaired) electrons. The van der Waals surface area contributed by atoms with E-state index in [9.17, 15) is 4.79 Å². The van der Waals surface area contributed by atoms with Crippen molar-refractivity contribution in [1.29, 1.82) is 0 Å². The summed E-state index contributed by atoms with van der Waals surface area (Å²) >= 11 is 3.09. The normalized spacial score (nSPS) is 9.92. The van der Waals surface area contributed by atoms with Crippen LogP contribution < -0.4 is 0 Å². The Balaban J connectivity index is 2.78. The van der Waals surface area contributed by atoms with Gasteiger partial charge in [0, 0.05) is 13.1 Å². The van der Waals surface area contributed by atoms with Crippen LogP contribution in [0.15, 0.2) is 21.4 Å². The first-order valence-electron chi connectivity index (χ1n) is 3.21. The Labute approximate surface area is 78.2 Å². The van der Waals surface area contributed by atoms with Gasteiger partial charge in [0.1, 0.15) is 6.26 Å². The molecular weight excluding hydrogens is 226 g/mol. The average molecular weight is 234 g/mol. The number of rotatable bonds is 2. The molecule has 1 amide bonds. The standard InChI is InChI=1S/C7H8BrNO3/c1-9(11-2)7(10)5-3-6(8)12-4-5/h3-4H,1-2H3. The number of carbonyl (C=O) groups excluding carboxylic acids is 1. The molecule has 1 aromatic rings. The summed E-state index contributed by atoms with van der Waals surface area (Å²) in [7, 11) is 2.95. The van der Waals surface area contributed by atoms with Gasteiger partial charge in [-0.05, 0) is 15.9 Å². The lowest BCUT2D eigenvalue weighted by atomic mass is 10.3. The van der Waals surface area contributed by atoms with E-state index in [0.29, 0.717) is 10.2 Å². The van der Waals surface area contributed by atoms with E-state index < -0.39 is 0 Å². The van der Waals surface area contributed by atoms with E-state index in [4.69, 9.17) is 9.25 Å². The molecule has 0 unspecified atom stereocenters. The van der Waals surface area contributed by atoms with Crippen LogP contribution in [-0.2, 0) is 4.84 Å². The van der Waals surface area contributed by atoms with Gasteiger partial charge < -0.3 is 4.42 Å². The Bertz CT molecular complexity index is 284. The van der Waals surface area contributed by atoms with E-state index in [-0.39, 0.29) is 5.91 Å². The summed E-state index contributed by atoms with van der Waals surface area (Å²) in [5.74, 6) is -0.244. The Hall–Kier alpha value is -0.810. The van der Waals surface area contributed by atoms with E-state index >= 15 is 0 Å². The van der Waals surface area contributed by atoms with Crippen LogP contribution >= 0.6 is 15.9 Å². The van der Waals surface area contributed by atoms with E-state index in [1.807, 2.05) is 0 Å². The predicted molar refractivity (Wildman–Crippen MR) is 45.5 cm³/mol. The first-order valence-corrected chi connectivity index (χ1v) is 4.00. The van der Waals surface area contributed by atoms with Crippen molar-refractivity contribution >= 4 is 21.8 Å². The number of hydrogen-bond donors (Lipinski definition) is 0. The molecule has 0 aliphatic rings. The zero-order valence-corrected chi connectivity index (χ0v) is 8.29. The molecule has 0 saturated heterocycles. The summed E-state index contributed by atoms with van der Waals surface area (Å²) in [6, 6.07) is 1.58. The first-order chi connectivity index (χ1) is 5.65. The largest absolute Gasteiger partial charge is 0.457 e. The third-order valence-electron chi connectivity index (χ3n) is 1.37. The molecule has 1 rings (SSSR count). The second kappa shape index (κ2) is 3.73. The smallest absolute Gasteiger partial charge is 0.280 e. The molecule has 0 aliphatic heterocycles. The molecule has 0 atom stereocenters. The summed E-state index contributed by atoms with van der Waals surface area (Å²) in [5, 5.41) is 1.12. The quantitative estimate of drug-likeness (QED) is 0.731. The molecule has 66 valence electrons. The number of furan rings is 1. The number of halogens is 1. The SMILES string of the molecule is CON(C)C(=O)c1coc(Br)c1. The van der Waals surface area contributed by atoms with Crippen molar-refractivity contribution in [3.63, 3.8) is 0 Å². The van der Waals surface area contributed by atoms with Gasteiger partial charge in [0.2, 0.25) is 0 Å². The fraction of sp³-hybridized carbons (Fsp3) is 0.286. The topological polar surface area (TPSA) is 42.7 Å². The molecule has 0 aromatic carbocycles. The average Bonchev–Trinajstić information content (AvgIpc) is 2.49. The molecule has 0 aliphatic carbocycles. The zero-order valence-electron chi connectivity index (χ0n) is 6.70. The molecule has 0 N–H and O–H groups in total. The number of nitrogens with zero attached hydrogens (tertiary/aromatic N) is 1. The highest BCUT2D eigenvalue weighted by Crippen LogP contribution is 2.15. The number of hydroxylamine groups is 2. The summed E-state index contributed by atoms with van der Waals surface area (Å²) < 4.78 is 5.42. The second-order valence-corrected chi connectivity index (χ2v) is 2.91. The monoisotopic (exact) mass is 233 g/mol. The highest BCUT2D eigenvalue weighted by Gasteiger charge is 2.13. The maximum absolute atomic E-state index is 11.3. The van der Waals surface area contributed by atoms with Crippen LogP contribution in [-0.4, -0.2) is 25.1 Å². The molecule has 12 heavy (non-hydrogen) atoms. The van der Waals surface area contributed by atoms with Gasteiger partial charge in [0.05, 0.1) is 12.7 Å². The van der Waals surface area contributed by atoms with Gasteiger partial charge in [-0.1, -0.05) is 0 Å². The van der Waals surface area contributed by atoms with Gasteiger partial charge in [0.25, 0.3) is 5.91 Å². The van der Waals surface area contributed by atoms with E-state index in [1.54, 1.807) is 6.07 Å². The molecule has 4 nitrogen and oxygen atoms in total. The molecule has 1 aromatic heterocycles. The molecule has 0 saturated carbocycles. The van der Waals surface area contributed by atoms with Crippen molar-refractivity contribution in [2.24, 2.45) is 0 Å². The van der Waals surface area contributed by atoms with E-state index in [1.165, 1.54) is 20.4 Å². The molecule has 0 bridgehead atoms. The van der Waals surface area contributed by atoms with Crippen LogP contribution in [0.5, 0.6) is 0 Å². The van der Waals surface area contributed by atoms with Crippen LogP contribution in [0, 0.1) is 0 Å². The lowest BCUT2D eigenvalue weighted by Gasteiger charge is -2.11. The third-order valence-corrected chi connectivity index (χ3v) is 1.79. The molecule has 0 spiro atoms. The number of hydrogen-bond acceptors (Lipinski definition) is 3. The van der Waals surface area contributed by atoms with Crippen molar-refractivity contribution < 1.29 is 14.0 Å². The number of carbonyl (C=O) groups is 1. The van der Waals surface area contributed by atoms with Crippen LogP contribution in [0.2, 0.25) is 0 Å². The minimum Gasteiger partial charge on any atom is -0.457 e. The van der Waals surface area contributed by atoms with Crippen molar-refractivity contribution in [2.45, 2.75) is 0 Å². The van der Waals surface area contributed by atoms with Gasteiger partial charge in [-0.3, -0.25) is 9.63 Å². The van der Waals surface area contributed by atoms with Crippen molar-refractivity contribution in [3.05, 3.63) is 22.6 Å². The van der Waals surface area contributed by atoms with Gasteiger partial charge in [-0.15, -0.1) is 0 Å². The van der Waals surface area contributed by atoms with Gasteiger partial charge in [-0.2, -0.15) is 0 Å². The summed E-state index contributed by atoms with van der Waals surface area (Å²) in [6.45, 7) is 0. The molecule has 5 heteroatoms. The highest BCUT2D eigenvalue weighted by molar-refractivity contribution is 9.10. The fourth-order valence-corrected chi connectivity index (χ4v) is 1.03.